The van der Waals surface area contributed by atoms with Crippen molar-refractivity contribution >= 4 is 29.0 Å². The van der Waals surface area contributed by atoms with Gasteiger partial charge in [0, 0.05) is 0 Å². The Hall–Kier alpha value is -1.97. The highest BCUT2D eigenvalue weighted by molar-refractivity contribution is 7.96. The summed E-state index contributed by atoms with van der Waals surface area (Å²) < 4.78 is 39.6. The molecule has 0 radical (unpaired) electrons. The molecule has 0 fully saturated rings. The molecule has 0 N–H and O–H groups in total. The van der Waals surface area contributed by atoms with E-state index < -0.39 is 25.4 Å². The quantitative estimate of drug-likeness (QED) is 0.530. The van der Waals surface area contributed by atoms with Crippen LogP contribution in [0.1, 0.15) is 0 Å². The fraction of sp³-hybridized carbons (Fsp3) is 0.0952. The number of alkyl halides is 3. The molecule has 6 heteroatoms. The van der Waals surface area contributed by atoms with E-state index in [1.807, 2.05) is 54.6 Å². The summed E-state index contributed by atoms with van der Waals surface area (Å²) in [4.78, 5) is 12.1. The van der Waals surface area contributed by atoms with E-state index >= 15 is 0 Å². The van der Waals surface area contributed by atoms with Crippen LogP contribution >= 0.6 is 7.26 Å². The summed E-state index contributed by atoms with van der Waals surface area (Å²) in [5.74, 6) is -1.69. The Morgan fingerprint density at radius 2 is 0.963 bits per heavy atom. The number of hydrogen-bond donors (Lipinski definition) is 0. The molecule has 27 heavy (non-hydrogen) atoms. The maximum Gasteiger partial charge on any atom is 0.453 e. The van der Waals surface area contributed by atoms with Crippen molar-refractivity contribution in [2.75, 3.05) is 6.16 Å². The molecule has 0 heterocycles. The topological polar surface area (TPSA) is 17.1 Å². The van der Waals surface area contributed by atoms with E-state index in [9.17, 15) is 18.0 Å². The van der Waals surface area contributed by atoms with E-state index in [1.165, 1.54) is 0 Å². The zero-order valence-electron chi connectivity index (χ0n) is 14.2. The van der Waals surface area contributed by atoms with Gasteiger partial charge in [-0.3, -0.25) is 4.79 Å². The van der Waals surface area contributed by atoms with Gasteiger partial charge in [-0.1, -0.05) is 54.6 Å². The Morgan fingerprint density at radius 1 is 0.667 bits per heavy atom. The second-order valence-electron chi connectivity index (χ2n) is 5.90. The van der Waals surface area contributed by atoms with Crippen molar-refractivity contribution in [2.24, 2.45) is 0 Å². The molecule has 0 atom stereocenters. The Labute approximate surface area is 167 Å². The van der Waals surface area contributed by atoms with Crippen molar-refractivity contribution in [1.82, 2.24) is 0 Å². The summed E-state index contributed by atoms with van der Waals surface area (Å²) in [6, 6.07) is 27.2. The predicted molar refractivity (Wildman–Crippen MR) is 101 cm³/mol. The average molecular weight is 453 g/mol. The van der Waals surface area contributed by atoms with Crippen LogP contribution in [0.3, 0.4) is 0 Å². The molecule has 0 aliphatic rings. The van der Waals surface area contributed by atoms with E-state index in [0.717, 1.165) is 15.9 Å². The summed E-state index contributed by atoms with van der Waals surface area (Å²) in [6.07, 6.45) is -5.43. The van der Waals surface area contributed by atoms with Gasteiger partial charge in [-0.15, -0.1) is 0 Å². The summed E-state index contributed by atoms with van der Waals surface area (Å²) in [7, 11) is -2.78. The normalized spacial score (nSPS) is 11.5. The zero-order chi connectivity index (χ0) is 18.6. The van der Waals surface area contributed by atoms with Crippen molar-refractivity contribution in [3.05, 3.63) is 91.0 Å². The van der Waals surface area contributed by atoms with Gasteiger partial charge in [0.1, 0.15) is 29.3 Å². The number of hydrogen-bond acceptors (Lipinski definition) is 1. The Kier molecular flexibility index (Phi) is 6.96. The van der Waals surface area contributed by atoms with Crippen LogP contribution in [0.25, 0.3) is 0 Å². The monoisotopic (exact) mass is 452 g/mol. The Bertz CT molecular complexity index is 772. The van der Waals surface area contributed by atoms with Gasteiger partial charge in [-0.25, -0.2) is 0 Å². The smallest absolute Gasteiger partial charge is 0.453 e. The lowest BCUT2D eigenvalue weighted by atomic mass is 10.3. The first-order valence-corrected chi connectivity index (χ1v) is 10.1. The highest BCUT2D eigenvalue weighted by Gasteiger charge is 2.52. The SMILES string of the molecule is O=C(C[P+](c1ccccc1)(c1ccccc1)c1ccccc1)C(F)(F)F.[Br-]. The third-order valence-electron chi connectivity index (χ3n) is 4.29. The molecule has 0 aromatic heterocycles. The number of carbonyl (C=O) groups excluding carboxylic acids is 1. The van der Waals surface area contributed by atoms with Gasteiger partial charge in [0.25, 0.3) is 5.78 Å². The van der Waals surface area contributed by atoms with Gasteiger partial charge < -0.3 is 17.0 Å². The molecule has 3 aromatic carbocycles. The molecule has 0 saturated carbocycles. The maximum absolute atomic E-state index is 13.2. The highest BCUT2D eigenvalue weighted by atomic mass is 79.9. The van der Waals surface area contributed by atoms with Gasteiger partial charge in [0.05, 0.1) is 0 Å². The second-order valence-corrected chi connectivity index (χ2v) is 9.38. The van der Waals surface area contributed by atoms with E-state index in [0.29, 0.717) is 0 Å². The molecule has 0 unspecified atom stereocenters. The molecule has 0 amide bonds. The number of halogens is 4. The highest BCUT2D eigenvalue weighted by Crippen LogP contribution is 2.55. The van der Waals surface area contributed by atoms with Crippen LogP contribution in [0.5, 0.6) is 0 Å². The number of Topliss-reactive ketones (excluding diaryl/α,β-unsaturated/α-hetero) is 1. The lowest BCUT2D eigenvalue weighted by Gasteiger charge is -2.27. The Morgan fingerprint density at radius 3 is 1.22 bits per heavy atom. The van der Waals surface area contributed by atoms with Crippen LogP contribution in [0.4, 0.5) is 13.2 Å². The largest absolute Gasteiger partial charge is 1.00 e. The van der Waals surface area contributed by atoms with Crippen LogP contribution in [0.15, 0.2) is 91.0 Å². The summed E-state index contributed by atoms with van der Waals surface area (Å²) in [6.45, 7) is 0. The first-order chi connectivity index (χ1) is 12.4. The third-order valence-corrected chi connectivity index (χ3v) is 8.59. The number of carbonyl (C=O) groups is 1. The van der Waals surface area contributed by atoms with Gasteiger partial charge >= 0.3 is 6.18 Å². The third kappa shape index (κ3) is 4.48. The minimum Gasteiger partial charge on any atom is -1.00 e. The van der Waals surface area contributed by atoms with Crippen LogP contribution in [0.2, 0.25) is 0 Å². The summed E-state index contributed by atoms with van der Waals surface area (Å²) in [5, 5.41) is 2.28. The van der Waals surface area contributed by atoms with Gasteiger partial charge in [0.2, 0.25) is 0 Å². The second kappa shape index (κ2) is 8.81. The number of benzene rings is 3. The van der Waals surface area contributed by atoms with Crippen molar-refractivity contribution in [3.63, 3.8) is 0 Å². The lowest BCUT2D eigenvalue weighted by molar-refractivity contribution is -0.168. The molecular formula is C21H17BrF3OP. The van der Waals surface area contributed by atoms with Gasteiger partial charge in [0.15, 0.2) is 0 Å². The average Bonchev–Trinajstić information content (AvgIpc) is 2.67. The molecule has 0 spiro atoms. The zero-order valence-corrected chi connectivity index (χ0v) is 16.7. The van der Waals surface area contributed by atoms with Crippen LogP contribution < -0.4 is 32.9 Å². The van der Waals surface area contributed by atoms with E-state index in [-0.39, 0.29) is 17.0 Å². The predicted octanol–water partition coefficient (Wildman–Crippen LogP) is 1.12. The number of rotatable bonds is 5. The standard InChI is InChI=1S/C21H17F3OP.BrH/c22-21(23,24)20(25)16-26(17-10-4-1-5-11-17,18-12-6-2-7-13-18)19-14-8-3-9-15-19;/h1-15H,16H2;1H/q+1;/p-1. The molecule has 3 rings (SSSR count). The summed E-state index contributed by atoms with van der Waals surface area (Å²) >= 11 is 0. The molecule has 0 aliphatic heterocycles. The molecular weight excluding hydrogens is 436 g/mol. The Balaban J connectivity index is 0.00000261. The number of ketones is 1. The minimum atomic E-state index is -4.86. The minimum absolute atomic E-state index is 0. The van der Waals surface area contributed by atoms with Crippen molar-refractivity contribution in [1.29, 1.82) is 0 Å². The first kappa shape index (κ1) is 21.3. The lowest BCUT2D eigenvalue weighted by Crippen LogP contribution is -3.00. The van der Waals surface area contributed by atoms with Crippen molar-refractivity contribution in [2.45, 2.75) is 6.18 Å². The van der Waals surface area contributed by atoms with E-state index in [2.05, 4.69) is 0 Å². The van der Waals surface area contributed by atoms with Crippen LogP contribution in [0, 0.1) is 0 Å². The molecule has 140 valence electrons. The van der Waals surface area contributed by atoms with Gasteiger partial charge in [-0.05, 0) is 36.4 Å². The van der Waals surface area contributed by atoms with E-state index in [4.69, 9.17) is 0 Å². The molecule has 1 nitrogen and oxygen atoms in total. The van der Waals surface area contributed by atoms with Crippen molar-refractivity contribution in [3.8, 4) is 0 Å². The van der Waals surface area contributed by atoms with Crippen molar-refractivity contribution < 1.29 is 34.9 Å². The maximum atomic E-state index is 13.2. The van der Waals surface area contributed by atoms with E-state index in [1.54, 1.807) is 36.4 Å². The molecule has 0 aliphatic carbocycles. The molecule has 3 aromatic rings. The molecule has 0 bridgehead atoms. The fourth-order valence-electron chi connectivity index (χ4n) is 3.07. The first-order valence-electron chi connectivity index (χ1n) is 8.09. The van der Waals surface area contributed by atoms with Crippen LogP contribution in [-0.4, -0.2) is 18.1 Å². The fourth-order valence-corrected chi connectivity index (χ4v) is 7.17. The van der Waals surface area contributed by atoms with Crippen LogP contribution in [-0.2, 0) is 4.79 Å². The summed E-state index contributed by atoms with van der Waals surface area (Å²) in [5.41, 5.74) is 0. The molecule has 0 saturated heterocycles. The van der Waals surface area contributed by atoms with Gasteiger partial charge in [-0.2, -0.15) is 13.2 Å².